The quantitative estimate of drug-likeness (QED) is 0.856. The molecule has 1 rings (SSSR count). The third kappa shape index (κ3) is 2.66. The van der Waals surface area contributed by atoms with Crippen LogP contribution in [0.4, 0.5) is 8.78 Å². The number of ether oxygens (including phenoxy) is 1. The Hall–Kier alpha value is -0.680. The zero-order valence-corrected chi connectivity index (χ0v) is 10.1. The summed E-state index contributed by atoms with van der Waals surface area (Å²) in [5, 5.41) is 2.84. The molecule has 2 nitrogen and oxygen atoms in total. The average Bonchev–Trinajstić information content (AvgIpc) is 2.23. The number of methoxy groups -OCH3 is 1. The molecular weight excluding hydrogens is 268 g/mol. The Morgan fingerprint density at radius 2 is 2.13 bits per heavy atom. The molecule has 0 bridgehead atoms. The van der Waals surface area contributed by atoms with E-state index in [1.54, 1.807) is 7.05 Å². The van der Waals surface area contributed by atoms with E-state index in [-0.39, 0.29) is 15.8 Å². The maximum atomic E-state index is 13.6. The van der Waals surface area contributed by atoms with Gasteiger partial charge in [0, 0.05) is 11.6 Å². The van der Waals surface area contributed by atoms with Crippen molar-refractivity contribution in [2.24, 2.45) is 0 Å². The van der Waals surface area contributed by atoms with Crippen molar-refractivity contribution in [2.75, 3.05) is 20.7 Å². The van der Waals surface area contributed by atoms with Crippen molar-refractivity contribution in [3.8, 4) is 5.75 Å². The molecule has 0 amide bonds. The Balaban J connectivity index is 3.11. The molecule has 1 aromatic rings. The smallest absolute Gasteiger partial charge is 0.147 e. The van der Waals surface area contributed by atoms with E-state index in [9.17, 15) is 8.78 Å². The minimum atomic E-state index is -0.595. The molecule has 1 aromatic carbocycles. The summed E-state index contributed by atoms with van der Waals surface area (Å²) in [6.45, 7) is 0.520. The van der Waals surface area contributed by atoms with Crippen LogP contribution in [0.15, 0.2) is 10.5 Å². The van der Waals surface area contributed by atoms with Gasteiger partial charge in [0.2, 0.25) is 0 Å². The van der Waals surface area contributed by atoms with Gasteiger partial charge in [-0.15, -0.1) is 0 Å². The van der Waals surface area contributed by atoms with E-state index in [4.69, 9.17) is 4.74 Å². The number of hydrogen-bond acceptors (Lipinski definition) is 2. The first kappa shape index (κ1) is 12.4. The summed E-state index contributed by atoms with van der Waals surface area (Å²) in [6, 6.07) is 1.18. The van der Waals surface area contributed by atoms with Gasteiger partial charge in [0.1, 0.15) is 17.4 Å². The van der Waals surface area contributed by atoms with Gasteiger partial charge >= 0.3 is 0 Å². The molecule has 0 atom stereocenters. The molecule has 0 aliphatic carbocycles. The Morgan fingerprint density at radius 3 is 2.67 bits per heavy atom. The van der Waals surface area contributed by atoms with Crippen LogP contribution < -0.4 is 10.1 Å². The van der Waals surface area contributed by atoms with Crippen LogP contribution in [0, 0.1) is 11.6 Å². The molecular formula is C10H12BrF2NO. The number of benzene rings is 1. The van der Waals surface area contributed by atoms with Crippen molar-refractivity contribution in [3.63, 3.8) is 0 Å². The molecule has 0 spiro atoms. The topological polar surface area (TPSA) is 21.3 Å². The van der Waals surface area contributed by atoms with E-state index in [1.165, 1.54) is 13.2 Å². The summed E-state index contributed by atoms with van der Waals surface area (Å²) in [4.78, 5) is 0. The zero-order valence-electron chi connectivity index (χ0n) is 8.53. The van der Waals surface area contributed by atoms with Crippen LogP contribution in [-0.2, 0) is 6.42 Å². The number of halogens is 3. The number of nitrogens with one attached hydrogen (secondary N) is 1. The van der Waals surface area contributed by atoms with Crippen LogP contribution in [0.5, 0.6) is 5.75 Å². The molecule has 0 fully saturated rings. The highest BCUT2D eigenvalue weighted by Gasteiger charge is 2.16. The van der Waals surface area contributed by atoms with Gasteiger partial charge < -0.3 is 10.1 Å². The molecule has 0 unspecified atom stereocenters. The lowest BCUT2D eigenvalue weighted by molar-refractivity contribution is 0.401. The number of hydrogen-bond donors (Lipinski definition) is 1. The highest BCUT2D eigenvalue weighted by atomic mass is 79.9. The summed E-state index contributed by atoms with van der Waals surface area (Å²) in [5.41, 5.74) is 0.0667. The summed E-state index contributed by atoms with van der Waals surface area (Å²) in [7, 11) is 3.10. The van der Waals surface area contributed by atoms with E-state index in [1.807, 2.05) is 0 Å². The van der Waals surface area contributed by atoms with Gasteiger partial charge in [-0.25, -0.2) is 8.78 Å². The Bertz CT molecular complexity index is 358. The predicted octanol–water partition coefficient (Wildman–Crippen LogP) is 2.50. The molecule has 0 aliphatic heterocycles. The maximum absolute atomic E-state index is 13.6. The van der Waals surface area contributed by atoms with Gasteiger partial charge in [0.15, 0.2) is 0 Å². The first-order valence-electron chi connectivity index (χ1n) is 4.46. The van der Waals surface area contributed by atoms with Crippen molar-refractivity contribution < 1.29 is 13.5 Å². The van der Waals surface area contributed by atoms with E-state index in [2.05, 4.69) is 21.2 Å². The summed E-state index contributed by atoms with van der Waals surface area (Å²) in [5.74, 6) is -1.01. The highest BCUT2D eigenvalue weighted by molar-refractivity contribution is 9.10. The Morgan fingerprint density at radius 1 is 1.47 bits per heavy atom. The Kier molecular flexibility index (Phi) is 4.47. The number of likely N-dealkylation sites (N-methyl/N-ethyl adjacent to an activating group) is 1. The normalized spacial score (nSPS) is 10.5. The fourth-order valence-corrected chi connectivity index (χ4v) is 1.75. The molecule has 84 valence electrons. The van der Waals surface area contributed by atoms with Crippen LogP contribution in [0.3, 0.4) is 0 Å². The van der Waals surface area contributed by atoms with Gasteiger partial charge in [-0.05, 0) is 35.9 Å². The van der Waals surface area contributed by atoms with Crippen LogP contribution in [0.1, 0.15) is 5.56 Å². The highest BCUT2D eigenvalue weighted by Crippen LogP contribution is 2.31. The fourth-order valence-electron chi connectivity index (χ4n) is 1.24. The molecule has 0 heterocycles. The third-order valence-corrected chi connectivity index (χ3v) is 2.80. The van der Waals surface area contributed by atoms with Crippen molar-refractivity contribution in [3.05, 3.63) is 27.7 Å². The van der Waals surface area contributed by atoms with E-state index in [0.29, 0.717) is 13.0 Å². The van der Waals surface area contributed by atoms with Gasteiger partial charge in [0.05, 0.1) is 11.6 Å². The fraction of sp³-hybridized carbons (Fsp3) is 0.400. The average molecular weight is 280 g/mol. The van der Waals surface area contributed by atoms with Gasteiger partial charge in [0.25, 0.3) is 0 Å². The third-order valence-electron chi connectivity index (χ3n) is 2.07. The van der Waals surface area contributed by atoms with Crippen molar-refractivity contribution in [1.82, 2.24) is 5.32 Å². The zero-order chi connectivity index (χ0) is 11.4. The van der Waals surface area contributed by atoms with Crippen LogP contribution >= 0.6 is 15.9 Å². The molecule has 5 heteroatoms. The minimum Gasteiger partial charge on any atom is -0.495 e. The second-order valence-corrected chi connectivity index (χ2v) is 3.81. The van der Waals surface area contributed by atoms with Crippen molar-refractivity contribution >= 4 is 15.9 Å². The molecule has 0 radical (unpaired) electrons. The van der Waals surface area contributed by atoms with Crippen LogP contribution in [0.25, 0.3) is 0 Å². The van der Waals surface area contributed by atoms with E-state index >= 15 is 0 Å². The molecule has 0 saturated heterocycles. The second kappa shape index (κ2) is 5.42. The van der Waals surface area contributed by atoms with Crippen molar-refractivity contribution in [2.45, 2.75) is 6.42 Å². The monoisotopic (exact) mass is 279 g/mol. The lowest BCUT2D eigenvalue weighted by Crippen LogP contribution is -2.12. The lowest BCUT2D eigenvalue weighted by atomic mass is 10.1. The first-order chi connectivity index (χ1) is 7.11. The second-order valence-electron chi connectivity index (χ2n) is 3.02. The predicted molar refractivity (Wildman–Crippen MR) is 58.2 cm³/mol. The molecule has 1 N–H and O–H groups in total. The van der Waals surface area contributed by atoms with Gasteiger partial charge in [-0.2, -0.15) is 0 Å². The maximum Gasteiger partial charge on any atom is 0.147 e. The van der Waals surface area contributed by atoms with E-state index < -0.39 is 11.6 Å². The van der Waals surface area contributed by atoms with Crippen molar-refractivity contribution in [1.29, 1.82) is 0 Å². The van der Waals surface area contributed by atoms with Gasteiger partial charge in [-0.1, -0.05) is 0 Å². The molecule has 0 aromatic heterocycles. The standard InChI is InChI=1S/C10H12BrF2NO/c1-14-4-3-6-7(12)5-8(15-2)9(11)10(6)13/h5,14H,3-4H2,1-2H3. The minimum absolute atomic E-state index is 0.0667. The summed E-state index contributed by atoms with van der Waals surface area (Å²) < 4.78 is 32.1. The van der Waals surface area contributed by atoms with Gasteiger partial charge in [-0.3, -0.25) is 0 Å². The SMILES string of the molecule is CNCCc1c(F)cc(OC)c(Br)c1F. The summed E-state index contributed by atoms with van der Waals surface area (Å²) in [6.07, 6.45) is 0.302. The Labute approximate surface area is 95.8 Å². The lowest BCUT2D eigenvalue weighted by Gasteiger charge is -2.10. The van der Waals surface area contributed by atoms with E-state index in [0.717, 1.165) is 0 Å². The molecule has 0 aliphatic rings. The molecule has 0 saturated carbocycles. The van der Waals surface area contributed by atoms with Crippen LogP contribution in [0.2, 0.25) is 0 Å². The number of rotatable bonds is 4. The largest absolute Gasteiger partial charge is 0.495 e. The summed E-state index contributed by atoms with van der Waals surface area (Å²) >= 11 is 3.03. The van der Waals surface area contributed by atoms with Crippen LogP contribution in [-0.4, -0.2) is 20.7 Å². The first-order valence-corrected chi connectivity index (χ1v) is 5.26. The molecule has 15 heavy (non-hydrogen) atoms.